The average molecular weight is 181 g/mol. The Balaban J connectivity index is 2.24. The summed E-state index contributed by atoms with van der Waals surface area (Å²) in [6.07, 6.45) is 4.24. The molecule has 1 aliphatic rings. The molecule has 0 amide bonds. The van der Waals surface area contributed by atoms with Crippen LogP contribution in [0.2, 0.25) is 0 Å². The number of nitrogens with zero attached hydrogens (tertiary/aromatic N) is 1. The van der Waals surface area contributed by atoms with Crippen LogP contribution in [0.15, 0.2) is 12.2 Å². The summed E-state index contributed by atoms with van der Waals surface area (Å²) in [6, 6.07) is 0. The van der Waals surface area contributed by atoms with Crippen molar-refractivity contribution in [1.82, 2.24) is 4.90 Å². The van der Waals surface area contributed by atoms with Crippen molar-refractivity contribution in [2.45, 2.75) is 26.2 Å². The van der Waals surface area contributed by atoms with Crippen molar-refractivity contribution in [3.8, 4) is 0 Å². The Morgan fingerprint density at radius 3 is 2.62 bits per heavy atom. The number of carbonyl (C=O) groups excluding carboxylic acids is 1. The van der Waals surface area contributed by atoms with Gasteiger partial charge in [0, 0.05) is 0 Å². The molecule has 1 heterocycles. The molecule has 0 unspecified atom stereocenters. The predicted octanol–water partition coefficient (Wildman–Crippen LogP) is 1.86. The fourth-order valence-electron chi connectivity index (χ4n) is 1.93. The monoisotopic (exact) mass is 181 g/mol. The van der Waals surface area contributed by atoms with Crippen LogP contribution in [0.4, 0.5) is 0 Å². The molecular weight excluding hydrogens is 162 g/mol. The lowest BCUT2D eigenvalue weighted by molar-refractivity contribution is -0.105. The summed E-state index contributed by atoms with van der Waals surface area (Å²) >= 11 is 0. The van der Waals surface area contributed by atoms with E-state index in [9.17, 15) is 4.79 Å². The first kappa shape index (κ1) is 10.5. The molecule has 0 bridgehead atoms. The smallest absolute Gasteiger partial charge is 0.145 e. The highest BCUT2D eigenvalue weighted by Crippen LogP contribution is 2.22. The Bertz CT molecular complexity index is 181. The molecule has 1 saturated heterocycles. The number of hydrogen-bond donors (Lipinski definition) is 0. The Morgan fingerprint density at radius 2 is 2.15 bits per heavy atom. The molecule has 0 saturated carbocycles. The van der Waals surface area contributed by atoms with Crippen LogP contribution in [0.3, 0.4) is 0 Å². The molecule has 0 aromatic heterocycles. The maximum atomic E-state index is 10.4. The molecule has 2 nitrogen and oxygen atoms in total. The zero-order chi connectivity index (χ0) is 9.68. The van der Waals surface area contributed by atoms with Gasteiger partial charge < -0.3 is 4.90 Å². The van der Waals surface area contributed by atoms with Gasteiger partial charge in [0.15, 0.2) is 0 Å². The van der Waals surface area contributed by atoms with Crippen LogP contribution >= 0.6 is 0 Å². The first-order valence-corrected chi connectivity index (χ1v) is 5.11. The molecule has 0 aromatic rings. The number of rotatable bonds is 4. The van der Waals surface area contributed by atoms with E-state index in [0.29, 0.717) is 5.92 Å². The van der Waals surface area contributed by atoms with Gasteiger partial charge in [-0.1, -0.05) is 13.5 Å². The zero-order valence-electron chi connectivity index (χ0n) is 8.46. The van der Waals surface area contributed by atoms with E-state index in [4.69, 9.17) is 0 Å². The van der Waals surface area contributed by atoms with Gasteiger partial charge in [0.1, 0.15) is 6.29 Å². The number of carbonyl (C=O) groups is 1. The Labute approximate surface area is 80.6 Å². The van der Waals surface area contributed by atoms with Gasteiger partial charge in [0.25, 0.3) is 0 Å². The number of aldehydes is 1. The third-order valence-electron chi connectivity index (χ3n) is 2.87. The second kappa shape index (κ2) is 5.18. The number of hydrogen-bond acceptors (Lipinski definition) is 2. The van der Waals surface area contributed by atoms with Crippen molar-refractivity contribution in [2.24, 2.45) is 5.92 Å². The van der Waals surface area contributed by atoms with Crippen molar-refractivity contribution < 1.29 is 4.79 Å². The highest BCUT2D eigenvalue weighted by molar-refractivity contribution is 5.71. The second-order valence-electron chi connectivity index (χ2n) is 3.86. The maximum Gasteiger partial charge on any atom is 0.145 e. The molecule has 1 fully saturated rings. The SMILES string of the molecule is C=C(C=O)CC1CCN(CC)CC1. The Morgan fingerprint density at radius 1 is 1.54 bits per heavy atom. The molecular formula is C11H19NO. The minimum atomic E-state index is 0.695. The maximum absolute atomic E-state index is 10.4. The van der Waals surface area contributed by atoms with E-state index in [1.54, 1.807) is 0 Å². The highest BCUT2D eigenvalue weighted by Gasteiger charge is 2.18. The van der Waals surface area contributed by atoms with E-state index in [1.165, 1.54) is 25.9 Å². The molecule has 0 N–H and O–H groups in total. The third-order valence-corrected chi connectivity index (χ3v) is 2.87. The third kappa shape index (κ3) is 3.31. The largest absolute Gasteiger partial charge is 0.304 e. The van der Waals surface area contributed by atoms with Crippen LogP contribution in [0.25, 0.3) is 0 Å². The highest BCUT2D eigenvalue weighted by atomic mass is 16.1. The fourth-order valence-corrected chi connectivity index (χ4v) is 1.93. The van der Waals surface area contributed by atoms with E-state index in [1.807, 2.05) is 0 Å². The van der Waals surface area contributed by atoms with Gasteiger partial charge in [0.05, 0.1) is 0 Å². The quantitative estimate of drug-likeness (QED) is 0.487. The summed E-state index contributed by atoms with van der Waals surface area (Å²) in [7, 11) is 0. The Hall–Kier alpha value is -0.630. The summed E-state index contributed by atoms with van der Waals surface area (Å²) in [5, 5.41) is 0. The van der Waals surface area contributed by atoms with Gasteiger partial charge in [0.2, 0.25) is 0 Å². The minimum Gasteiger partial charge on any atom is -0.304 e. The lowest BCUT2D eigenvalue weighted by atomic mass is 9.91. The van der Waals surface area contributed by atoms with E-state index in [0.717, 1.165) is 24.8 Å². The van der Waals surface area contributed by atoms with Crippen molar-refractivity contribution in [1.29, 1.82) is 0 Å². The van der Waals surface area contributed by atoms with Crippen LogP contribution in [-0.2, 0) is 4.79 Å². The van der Waals surface area contributed by atoms with Crippen molar-refractivity contribution >= 4 is 6.29 Å². The molecule has 1 aliphatic heterocycles. The van der Waals surface area contributed by atoms with Gasteiger partial charge in [-0.3, -0.25) is 4.79 Å². The summed E-state index contributed by atoms with van der Waals surface area (Å²) in [5.74, 6) is 0.695. The molecule has 0 spiro atoms. The summed E-state index contributed by atoms with van der Waals surface area (Å²) in [6.45, 7) is 9.45. The van der Waals surface area contributed by atoms with E-state index in [2.05, 4.69) is 18.4 Å². The van der Waals surface area contributed by atoms with Crippen LogP contribution < -0.4 is 0 Å². The second-order valence-corrected chi connectivity index (χ2v) is 3.86. The molecule has 2 heteroatoms. The molecule has 0 aromatic carbocycles. The minimum absolute atomic E-state index is 0.695. The summed E-state index contributed by atoms with van der Waals surface area (Å²) < 4.78 is 0. The van der Waals surface area contributed by atoms with Crippen molar-refractivity contribution in [2.75, 3.05) is 19.6 Å². The first-order valence-electron chi connectivity index (χ1n) is 5.11. The van der Waals surface area contributed by atoms with Gasteiger partial charge in [-0.2, -0.15) is 0 Å². The molecule has 13 heavy (non-hydrogen) atoms. The number of likely N-dealkylation sites (tertiary alicyclic amines) is 1. The fraction of sp³-hybridized carbons (Fsp3) is 0.727. The van der Waals surface area contributed by atoms with E-state index < -0.39 is 0 Å². The van der Waals surface area contributed by atoms with E-state index >= 15 is 0 Å². The standard InChI is InChI=1S/C11H19NO/c1-3-12-6-4-11(5-7-12)8-10(2)9-13/h9,11H,2-8H2,1H3. The van der Waals surface area contributed by atoms with Crippen LogP contribution in [-0.4, -0.2) is 30.8 Å². The zero-order valence-corrected chi connectivity index (χ0v) is 8.46. The molecule has 0 atom stereocenters. The van der Waals surface area contributed by atoms with E-state index in [-0.39, 0.29) is 0 Å². The van der Waals surface area contributed by atoms with Gasteiger partial charge in [-0.15, -0.1) is 0 Å². The van der Waals surface area contributed by atoms with Gasteiger partial charge >= 0.3 is 0 Å². The van der Waals surface area contributed by atoms with Crippen LogP contribution in [0, 0.1) is 5.92 Å². The van der Waals surface area contributed by atoms with Crippen LogP contribution in [0.5, 0.6) is 0 Å². The van der Waals surface area contributed by atoms with Crippen molar-refractivity contribution in [3.05, 3.63) is 12.2 Å². The predicted molar refractivity (Wildman–Crippen MR) is 54.7 cm³/mol. The summed E-state index contributed by atoms with van der Waals surface area (Å²) in [4.78, 5) is 12.8. The lowest BCUT2D eigenvalue weighted by Gasteiger charge is -2.30. The summed E-state index contributed by atoms with van der Waals surface area (Å²) in [5.41, 5.74) is 0.759. The number of piperidine rings is 1. The van der Waals surface area contributed by atoms with Crippen molar-refractivity contribution in [3.63, 3.8) is 0 Å². The average Bonchev–Trinajstić information content (AvgIpc) is 2.19. The normalized spacial score (nSPS) is 20.1. The van der Waals surface area contributed by atoms with Gasteiger partial charge in [-0.05, 0) is 50.4 Å². The molecule has 74 valence electrons. The molecule has 0 radical (unpaired) electrons. The van der Waals surface area contributed by atoms with Crippen LogP contribution in [0.1, 0.15) is 26.2 Å². The molecule has 1 rings (SSSR count). The Kier molecular flexibility index (Phi) is 4.16. The number of allylic oxidation sites excluding steroid dienone is 1. The molecule has 0 aliphatic carbocycles. The topological polar surface area (TPSA) is 20.3 Å². The lowest BCUT2D eigenvalue weighted by Crippen LogP contribution is -2.33. The first-order chi connectivity index (χ1) is 6.26. The van der Waals surface area contributed by atoms with Gasteiger partial charge in [-0.25, -0.2) is 0 Å².